The predicted octanol–water partition coefficient (Wildman–Crippen LogP) is 5.35. The summed E-state index contributed by atoms with van der Waals surface area (Å²) in [6.07, 6.45) is 2.47. The van der Waals surface area contributed by atoms with Crippen molar-refractivity contribution in [3.05, 3.63) is 113 Å². The van der Waals surface area contributed by atoms with Crippen molar-refractivity contribution >= 4 is 11.5 Å². The fourth-order valence-electron chi connectivity index (χ4n) is 4.58. The average Bonchev–Trinajstić information content (AvgIpc) is 3.56. The molecular formula is C26H16F5N5O. The molecule has 6 nitrogen and oxygen atoms in total. The van der Waals surface area contributed by atoms with E-state index in [9.17, 15) is 22.0 Å². The molecule has 0 fully saturated rings. The molecular weight excluding hydrogens is 493 g/mol. The van der Waals surface area contributed by atoms with Gasteiger partial charge in [0.2, 0.25) is 0 Å². The molecule has 1 spiro atoms. The largest absolute Gasteiger partial charge is 0.416 e. The Hall–Kier alpha value is -4.54. The van der Waals surface area contributed by atoms with E-state index in [2.05, 4.69) is 15.1 Å². The highest BCUT2D eigenvalue weighted by atomic mass is 19.4. The summed E-state index contributed by atoms with van der Waals surface area (Å²) in [6, 6.07) is 10.0. The van der Waals surface area contributed by atoms with Gasteiger partial charge in [-0.15, -0.1) is 0 Å². The number of allylic oxidation sites excluding steroid dienone is 2. The zero-order valence-electron chi connectivity index (χ0n) is 18.8. The van der Waals surface area contributed by atoms with Crippen LogP contribution in [0.1, 0.15) is 16.9 Å². The van der Waals surface area contributed by atoms with Crippen molar-refractivity contribution in [2.24, 2.45) is 15.7 Å². The molecule has 11 heteroatoms. The number of aromatic nitrogens is 1. The molecule has 1 atom stereocenters. The predicted molar refractivity (Wildman–Crippen MR) is 125 cm³/mol. The minimum Gasteiger partial charge on any atom is -0.398 e. The Morgan fingerprint density at radius 1 is 1.05 bits per heavy atom. The van der Waals surface area contributed by atoms with Crippen molar-refractivity contribution in [3.8, 4) is 11.3 Å². The summed E-state index contributed by atoms with van der Waals surface area (Å²) in [5, 5.41) is 3.98. The third-order valence-electron chi connectivity index (χ3n) is 6.36. The van der Waals surface area contributed by atoms with Gasteiger partial charge in [0.25, 0.3) is 0 Å². The van der Waals surface area contributed by atoms with E-state index >= 15 is 0 Å². The molecule has 3 heterocycles. The van der Waals surface area contributed by atoms with Crippen LogP contribution in [0, 0.1) is 11.6 Å². The lowest BCUT2D eigenvalue weighted by Gasteiger charge is -2.29. The van der Waals surface area contributed by atoms with E-state index in [0.717, 1.165) is 18.2 Å². The van der Waals surface area contributed by atoms with Gasteiger partial charge in [-0.25, -0.2) is 18.8 Å². The van der Waals surface area contributed by atoms with Gasteiger partial charge in [-0.05, 0) is 36.4 Å². The van der Waals surface area contributed by atoms with E-state index < -0.39 is 28.9 Å². The molecule has 186 valence electrons. The van der Waals surface area contributed by atoms with Crippen LogP contribution in [0.25, 0.3) is 11.3 Å². The number of halogens is 5. The summed E-state index contributed by atoms with van der Waals surface area (Å²) in [5.74, 6) is -1.62. The molecule has 3 aliphatic rings. The van der Waals surface area contributed by atoms with Gasteiger partial charge in [0, 0.05) is 17.8 Å². The summed E-state index contributed by atoms with van der Waals surface area (Å²) in [7, 11) is 0. The monoisotopic (exact) mass is 509 g/mol. The average molecular weight is 509 g/mol. The van der Waals surface area contributed by atoms with Crippen molar-refractivity contribution in [1.82, 2.24) is 10.1 Å². The lowest BCUT2D eigenvalue weighted by molar-refractivity contribution is -0.137. The number of aliphatic imine (C=N–C) groups is 2. The quantitative estimate of drug-likeness (QED) is 0.481. The van der Waals surface area contributed by atoms with Gasteiger partial charge in [0.1, 0.15) is 5.69 Å². The van der Waals surface area contributed by atoms with E-state index in [1.807, 2.05) is 0 Å². The number of benzene rings is 2. The molecule has 1 aliphatic carbocycles. The van der Waals surface area contributed by atoms with Gasteiger partial charge in [-0.3, -0.25) is 0 Å². The number of nitrogens with zero attached hydrogens (tertiary/aromatic N) is 4. The highest BCUT2D eigenvalue weighted by Crippen LogP contribution is 2.44. The Morgan fingerprint density at radius 2 is 1.84 bits per heavy atom. The third-order valence-corrected chi connectivity index (χ3v) is 6.36. The van der Waals surface area contributed by atoms with Crippen molar-refractivity contribution < 1.29 is 26.5 Å². The van der Waals surface area contributed by atoms with Crippen LogP contribution in [0.3, 0.4) is 0 Å². The molecule has 2 aromatic carbocycles. The number of amidine groups is 1. The van der Waals surface area contributed by atoms with Crippen LogP contribution in [0.2, 0.25) is 0 Å². The fraction of sp³-hybridized carbons (Fsp3) is 0.115. The van der Waals surface area contributed by atoms with Gasteiger partial charge < -0.3 is 15.2 Å². The first-order valence-corrected chi connectivity index (χ1v) is 11.1. The first-order chi connectivity index (χ1) is 17.7. The number of nitrogens with two attached hydrogens (primary N) is 1. The van der Waals surface area contributed by atoms with Crippen molar-refractivity contribution in [2.45, 2.75) is 18.3 Å². The molecule has 0 bridgehead atoms. The van der Waals surface area contributed by atoms with Crippen LogP contribution in [-0.4, -0.2) is 27.1 Å². The highest BCUT2D eigenvalue weighted by Gasteiger charge is 2.52. The van der Waals surface area contributed by atoms with E-state index in [0.29, 0.717) is 34.1 Å². The Labute approximate surface area is 206 Å². The second-order valence-electron chi connectivity index (χ2n) is 8.62. The Bertz CT molecular complexity index is 1580. The van der Waals surface area contributed by atoms with Gasteiger partial charge in [-0.2, -0.15) is 13.2 Å². The second kappa shape index (κ2) is 7.99. The highest BCUT2D eigenvalue weighted by molar-refractivity contribution is 6.22. The first kappa shape index (κ1) is 22.9. The second-order valence-corrected chi connectivity index (χ2v) is 8.62. The lowest BCUT2D eigenvalue weighted by atomic mass is 9.86. The Morgan fingerprint density at radius 3 is 2.59 bits per heavy atom. The maximum Gasteiger partial charge on any atom is 0.416 e. The maximum absolute atomic E-state index is 14.5. The van der Waals surface area contributed by atoms with Crippen LogP contribution in [0.5, 0.6) is 0 Å². The SMILES string of the molecule is NC1=CN(Cc2cc(-c3ccc(C(F)(F)F)cc3)no2)C2=CC=CC3=NC(c4cccc(F)c4F)=NC123. The Kier molecular flexibility index (Phi) is 4.94. The molecule has 6 rings (SSSR count). The lowest BCUT2D eigenvalue weighted by Crippen LogP contribution is -2.41. The number of rotatable bonds is 4. The van der Waals surface area contributed by atoms with Gasteiger partial charge in [0.15, 0.2) is 28.8 Å². The van der Waals surface area contributed by atoms with Crippen LogP contribution < -0.4 is 5.73 Å². The van der Waals surface area contributed by atoms with E-state index in [1.54, 1.807) is 35.4 Å². The van der Waals surface area contributed by atoms with Gasteiger partial charge >= 0.3 is 6.18 Å². The zero-order valence-corrected chi connectivity index (χ0v) is 18.8. The minimum atomic E-state index is -4.43. The summed E-state index contributed by atoms with van der Waals surface area (Å²) >= 11 is 0. The molecule has 2 N–H and O–H groups in total. The molecule has 1 aromatic heterocycles. The number of hydrogen-bond acceptors (Lipinski definition) is 6. The molecule has 1 unspecified atom stereocenters. The molecule has 0 saturated carbocycles. The summed E-state index contributed by atoms with van der Waals surface area (Å²) < 4.78 is 72.3. The van der Waals surface area contributed by atoms with E-state index in [1.165, 1.54) is 24.3 Å². The first-order valence-electron chi connectivity index (χ1n) is 11.1. The van der Waals surface area contributed by atoms with Crippen LogP contribution >= 0.6 is 0 Å². The van der Waals surface area contributed by atoms with E-state index in [4.69, 9.17) is 10.3 Å². The molecule has 0 amide bonds. The van der Waals surface area contributed by atoms with Gasteiger partial charge in [0.05, 0.1) is 34.8 Å². The maximum atomic E-state index is 14.5. The summed E-state index contributed by atoms with van der Waals surface area (Å²) in [5.41, 5.74) is 6.64. The Balaban J connectivity index is 1.29. The smallest absolute Gasteiger partial charge is 0.398 e. The fourth-order valence-corrected chi connectivity index (χ4v) is 4.58. The normalized spacial score (nSPS) is 20.3. The van der Waals surface area contributed by atoms with Crippen LogP contribution in [-0.2, 0) is 12.7 Å². The number of hydrogen-bond donors (Lipinski definition) is 1. The third kappa shape index (κ3) is 3.57. The minimum absolute atomic E-state index is 0.0203. The number of alkyl halides is 3. The zero-order chi connectivity index (χ0) is 25.9. The van der Waals surface area contributed by atoms with Crippen molar-refractivity contribution in [2.75, 3.05) is 0 Å². The summed E-state index contributed by atoms with van der Waals surface area (Å²) in [4.78, 5) is 10.9. The van der Waals surface area contributed by atoms with Crippen LogP contribution in [0.15, 0.2) is 98.9 Å². The van der Waals surface area contributed by atoms with Gasteiger partial charge in [-0.1, -0.05) is 29.4 Å². The van der Waals surface area contributed by atoms with Crippen molar-refractivity contribution in [1.29, 1.82) is 0 Å². The van der Waals surface area contributed by atoms with Crippen LogP contribution in [0.4, 0.5) is 22.0 Å². The molecule has 0 saturated heterocycles. The molecule has 37 heavy (non-hydrogen) atoms. The standard InChI is InChI=1S/C26H16F5N5O/c27-18-4-1-3-17(23(18)28)24-33-21-5-2-6-22-25(21,34-24)20(32)13-36(22)12-16-11-19(35-37-16)14-7-9-15(10-8-14)26(29,30)31/h1-11,13H,12,32H2. The topological polar surface area (TPSA) is 80.0 Å². The molecule has 3 aromatic rings. The summed E-state index contributed by atoms with van der Waals surface area (Å²) in [6.45, 7) is 0.183. The van der Waals surface area contributed by atoms with E-state index in [-0.39, 0.29) is 17.9 Å². The molecule has 2 aliphatic heterocycles. The van der Waals surface area contributed by atoms with Crippen molar-refractivity contribution in [3.63, 3.8) is 0 Å². The molecule has 0 radical (unpaired) electrons.